The lowest BCUT2D eigenvalue weighted by Gasteiger charge is -2.25. The molecule has 0 aromatic rings. The highest BCUT2D eigenvalue weighted by Gasteiger charge is 2.29. The van der Waals surface area contributed by atoms with E-state index in [9.17, 15) is 4.79 Å². The molecule has 0 aliphatic carbocycles. The van der Waals surface area contributed by atoms with Gasteiger partial charge >= 0.3 is 5.97 Å². The Hall–Kier alpha value is -0.310. The maximum absolute atomic E-state index is 10.8. The molecule has 0 aliphatic rings. The predicted octanol–water partition coefficient (Wildman–Crippen LogP) is 3.03. The first-order valence-electron chi connectivity index (χ1n) is 3.87. The van der Waals surface area contributed by atoms with E-state index in [1.807, 2.05) is 26.8 Å². The van der Waals surface area contributed by atoms with Crippen molar-refractivity contribution in [2.45, 2.75) is 27.2 Å². The van der Waals surface area contributed by atoms with Gasteiger partial charge in [-0.1, -0.05) is 42.8 Å². The van der Waals surface area contributed by atoms with Gasteiger partial charge in [-0.3, -0.25) is 4.79 Å². The Kier molecular flexibility index (Phi) is 4.53. The lowest BCUT2D eigenvalue weighted by atomic mass is 9.79. The Balaban J connectivity index is 4.35. The fraction of sp³-hybridized carbons (Fsp3) is 0.667. The van der Waals surface area contributed by atoms with E-state index in [4.69, 9.17) is 5.11 Å². The van der Waals surface area contributed by atoms with Gasteiger partial charge in [0.25, 0.3) is 0 Å². The first-order valence-corrected chi connectivity index (χ1v) is 4.79. The summed E-state index contributed by atoms with van der Waals surface area (Å²) < 4.78 is 0. The summed E-state index contributed by atoms with van der Waals surface area (Å²) in [6, 6.07) is 0. The van der Waals surface area contributed by atoms with Crippen molar-refractivity contribution in [1.82, 2.24) is 0 Å². The molecule has 0 bridgehead atoms. The molecule has 1 unspecified atom stereocenters. The molecule has 0 aromatic heterocycles. The van der Waals surface area contributed by atoms with Crippen LogP contribution in [0.4, 0.5) is 0 Å². The summed E-state index contributed by atoms with van der Waals surface area (Å²) in [5, 5.41) is 8.89. The van der Waals surface area contributed by atoms with Gasteiger partial charge in [-0.25, -0.2) is 0 Å². The molecule has 70 valence electrons. The van der Waals surface area contributed by atoms with Crippen LogP contribution in [0.2, 0.25) is 0 Å². The van der Waals surface area contributed by atoms with Gasteiger partial charge in [0.15, 0.2) is 0 Å². The molecule has 3 heteroatoms. The van der Waals surface area contributed by atoms with E-state index in [1.165, 1.54) is 0 Å². The first kappa shape index (κ1) is 11.7. The molecule has 0 aliphatic heterocycles. The van der Waals surface area contributed by atoms with Gasteiger partial charge in [0.1, 0.15) is 0 Å². The number of aliphatic carboxylic acids is 1. The van der Waals surface area contributed by atoms with Crippen molar-refractivity contribution >= 4 is 21.9 Å². The molecule has 1 atom stereocenters. The third-order valence-electron chi connectivity index (χ3n) is 1.80. The predicted molar refractivity (Wildman–Crippen MR) is 53.3 cm³/mol. The van der Waals surface area contributed by atoms with Gasteiger partial charge in [-0.05, 0) is 16.8 Å². The van der Waals surface area contributed by atoms with Gasteiger partial charge in [0, 0.05) is 0 Å². The van der Waals surface area contributed by atoms with Crippen LogP contribution in [0.3, 0.4) is 0 Å². The molecule has 0 saturated carbocycles. The normalized spacial score (nSPS) is 15.0. The van der Waals surface area contributed by atoms with Crippen molar-refractivity contribution in [3.8, 4) is 0 Å². The van der Waals surface area contributed by atoms with Gasteiger partial charge < -0.3 is 5.11 Å². The first-order chi connectivity index (χ1) is 5.39. The summed E-state index contributed by atoms with van der Waals surface area (Å²) in [4.78, 5) is 12.5. The molecule has 12 heavy (non-hydrogen) atoms. The molecule has 0 amide bonds. The van der Waals surface area contributed by atoms with Crippen LogP contribution in [0.15, 0.2) is 11.1 Å². The number of hydrogen-bond donors (Lipinski definition) is 1. The molecule has 0 spiro atoms. The number of rotatable bonds is 3. The van der Waals surface area contributed by atoms with Crippen LogP contribution in [-0.4, -0.2) is 11.1 Å². The van der Waals surface area contributed by atoms with Crippen LogP contribution in [0, 0.1) is 11.3 Å². The van der Waals surface area contributed by atoms with Crippen molar-refractivity contribution in [2.75, 3.05) is 0 Å². The molecule has 0 heterocycles. The highest BCUT2D eigenvalue weighted by Crippen LogP contribution is 2.29. The number of hydrogen-bond acceptors (Lipinski definition) is 1. The summed E-state index contributed by atoms with van der Waals surface area (Å²) in [6.07, 6.45) is 2.40. The van der Waals surface area contributed by atoms with E-state index in [0.717, 1.165) is 0 Å². The van der Waals surface area contributed by atoms with Gasteiger partial charge in [-0.2, -0.15) is 0 Å². The van der Waals surface area contributed by atoms with Crippen molar-refractivity contribution in [1.29, 1.82) is 0 Å². The monoisotopic (exact) mass is 234 g/mol. The Labute approximate surface area is 81.8 Å². The van der Waals surface area contributed by atoms with Crippen LogP contribution in [-0.2, 0) is 4.79 Å². The zero-order valence-electron chi connectivity index (χ0n) is 7.67. The maximum atomic E-state index is 10.8. The van der Waals surface area contributed by atoms with Crippen molar-refractivity contribution < 1.29 is 9.90 Å². The molecule has 0 aromatic carbocycles. The highest BCUT2D eigenvalue weighted by atomic mass is 79.9. The number of carboxylic acids is 1. The summed E-state index contributed by atoms with van der Waals surface area (Å²) in [5.41, 5.74) is -0.182. The molecular formula is C9H15BrO2. The zero-order valence-corrected chi connectivity index (χ0v) is 9.26. The van der Waals surface area contributed by atoms with E-state index in [-0.39, 0.29) is 11.3 Å². The Bertz CT molecular complexity index is 179. The molecule has 0 rings (SSSR count). The standard InChI is InChI=1S/C9H15BrO2/c1-9(2,3)7(8(11)12)5-4-6-10/h4,6-7H,5H2,1-3H3,(H,11,12). The number of carboxylic acid groups (broad SMARTS) is 1. The molecular weight excluding hydrogens is 220 g/mol. The molecule has 1 N–H and O–H groups in total. The third kappa shape index (κ3) is 3.90. The summed E-state index contributed by atoms with van der Waals surface area (Å²) in [7, 11) is 0. The van der Waals surface area contributed by atoms with E-state index < -0.39 is 5.97 Å². The van der Waals surface area contributed by atoms with Crippen molar-refractivity contribution in [3.05, 3.63) is 11.1 Å². The third-order valence-corrected chi connectivity index (χ3v) is 2.18. The Morgan fingerprint density at radius 2 is 2.08 bits per heavy atom. The average Bonchev–Trinajstić information content (AvgIpc) is 1.84. The van der Waals surface area contributed by atoms with Crippen LogP contribution in [0.5, 0.6) is 0 Å². The van der Waals surface area contributed by atoms with Crippen molar-refractivity contribution in [3.63, 3.8) is 0 Å². The Morgan fingerprint density at radius 3 is 2.33 bits per heavy atom. The fourth-order valence-corrected chi connectivity index (χ4v) is 1.23. The zero-order chi connectivity index (χ0) is 9.78. The van der Waals surface area contributed by atoms with Crippen LogP contribution >= 0.6 is 15.9 Å². The van der Waals surface area contributed by atoms with E-state index >= 15 is 0 Å². The minimum Gasteiger partial charge on any atom is -0.481 e. The lowest BCUT2D eigenvalue weighted by molar-refractivity contribution is -0.145. The van der Waals surface area contributed by atoms with Gasteiger partial charge in [0.2, 0.25) is 0 Å². The van der Waals surface area contributed by atoms with Crippen molar-refractivity contribution in [2.24, 2.45) is 11.3 Å². The highest BCUT2D eigenvalue weighted by molar-refractivity contribution is 9.11. The van der Waals surface area contributed by atoms with Crippen LogP contribution < -0.4 is 0 Å². The largest absolute Gasteiger partial charge is 0.481 e. The average molecular weight is 235 g/mol. The van der Waals surface area contributed by atoms with Crippen LogP contribution in [0.25, 0.3) is 0 Å². The number of carbonyl (C=O) groups is 1. The molecule has 0 saturated heterocycles. The number of allylic oxidation sites excluding steroid dienone is 1. The second kappa shape index (κ2) is 4.65. The molecule has 0 radical (unpaired) electrons. The SMILES string of the molecule is CC(C)(C)C(CC=CBr)C(=O)O. The summed E-state index contributed by atoms with van der Waals surface area (Å²) >= 11 is 3.12. The number of halogens is 1. The second-order valence-electron chi connectivity index (χ2n) is 3.85. The fourth-order valence-electron chi connectivity index (χ4n) is 1.01. The van der Waals surface area contributed by atoms with Crippen LogP contribution in [0.1, 0.15) is 27.2 Å². The lowest BCUT2D eigenvalue weighted by Crippen LogP contribution is -2.27. The minimum atomic E-state index is -0.729. The quantitative estimate of drug-likeness (QED) is 0.816. The molecule has 0 fully saturated rings. The van der Waals surface area contributed by atoms with E-state index in [0.29, 0.717) is 6.42 Å². The van der Waals surface area contributed by atoms with E-state index in [1.54, 1.807) is 4.99 Å². The van der Waals surface area contributed by atoms with E-state index in [2.05, 4.69) is 15.9 Å². The smallest absolute Gasteiger partial charge is 0.307 e. The second-order valence-corrected chi connectivity index (χ2v) is 4.38. The summed E-state index contributed by atoms with van der Waals surface area (Å²) in [6.45, 7) is 5.82. The van der Waals surface area contributed by atoms with Gasteiger partial charge in [-0.15, -0.1) is 0 Å². The molecule has 2 nitrogen and oxygen atoms in total. The maximum Gasteiger partial charge on any atom is 0.307 e. The Morgan fingerprint density at radius 1 is 1.58 bits per heavy atom. The minimum absolute atomic E-state index is 0.182. The topological polar surface area (TPSA) is 37.3 Å². The summed E-state index contributed by atoms with van der Waals surface area (Å²) in [5.74, 6) is -1.04. The van der Waals surface area contributed by atoms with Gasteiger partial charge in [0.05, 0.1) is 5.92 Å².